The van der Waals surface area contributed by atoms with E-state index in [9.17, 15) is 0 Å². The molecule has 0 fully saturated rings. The first-order valence-electron chi connectivity index (χ1n) is 1.56. The van der Waals surface area contributed by atoms with Crippen LogP contribution in [0.3, 0.4) is 0 Å². The van der Waals surface area contributed by atoms with Crippen LogP contribution < -0.4 is 0 Å². The van der Waals surface area contributed by atoms with Crippen LogP contribution in [0.15, 0.2) is 0 Å². The fourth-order valence-corrected chi connectivity index (χ4v) is 0. The fraction of sp³-hybridized carbons (Fsp3) is 1.00. The molecule has 0 N–H and O–H groups in total. The fourth-order valence-electron chi connectivity index (χ4n) is 0. The molecule has 1 heteroatoms. The molecule has 0 rings (SSSR count). The van der Waals surface area contributed by atoms with E-state index in [4.69, 9.17) is 0 Å². The normalized spacial score (nSPS) is 7.75. The van der Waals surface area contributed by atoms with Gasteiger partial charge >= 0.3 is 41.9 Å². The van der Waals surface area contributed by atoms with Gasteiger partial charge in [0.25, 0.3) is 0 Å². The van der Waals surface area contributed by atoms with Crippen molar-refractivity contribution in [1.82, 2.24) is 0 Å². The van der Waals surface area contributed by atoms with Gasteiger partial charge in [-0.25, -0.2) is 0 Å². The molecule has 0 aliphatic heterocycles. The van der Waals surface area contributed by atoms with Crippen LogP contribution in [0.4, 0.5) is 0 Å². The van der Waals surface area contributed by atoms with Crippen molar-refractivity contribution in [2.75, 3.05) is 0 Å². The molecule has 0 unspecified atom stereocenters. The zero-order valence-electron chi connectivity index (χ0n) is 2.91. The van der Waals surface area contributed by atoms with Gasteiger partial charge in [-0.1, -0.05) is 0 Å². The van der Waals surface area contributed by atoms with Gasteiger partial charge in [0.15, 0.2) is 0 Å². The maximum absolute atomic E-state index is 2.22. The summed E-state index contributed by atoms with van der Waals surface area (Å²) in [6.45, 7) is 2.22. The summed E-state index contributed by atoms with van der Waals surface area (Å²) >= 11 is 1.39. The summed E-state index contributed by atoms with van der Waals surface area (Å²) in [5, 5.41) is 0. The Bertz CT molecular complexity index is 5.25. The van der Waals surface area contributed by atoms with Gasteiger partial charge in [0, 0.05) is 0 Å². The van der Waals surface area contributed by atoms with Crippen molar-refractivity contribution >= 4 is 0 Å². The van der Waals surface area contributed by atoms with Gasteiger partial charge in [-0.3, -0.25) is 0 Å². The van der Waals surface area contributed by atoms with Gasteiger partial charge in [-0.05, 0) is 0 Å². The Hall–Kier alpha value is 0.870. The molecule has 0 atom stereocenters. The zero-order valence-corrected chi connectivity index (χ0v) is 6.51. The molecule has 0 saturated heterocycles. The Morgan fingerprint density at radius 3 is 2.00 bits per heavy atom. The number of hydrogen-bond acceptors (Lipinski definition) is 0. The first kappa shape index (κ1) is 4.87. The molecular weight excluding hydrogens is 215 g/mol. The van der Waals surface area contributed by atoms with Crippen LogP contribution in [-0.4, -0.2) is 0 Å². The van der Waals surface area contributed by atoms with Gasteiger partial charge in [0.05, 0.1) is 0 Å². The van der Waals surface area contributed by atoms with Crippen molar-refractivity contribution in [2.24, 2.45) is 0 Å². The third kappa shape index (κ3) is 2.87. The summed E-state index contributed by atoms with van der Waals surface area (Å²) in [4.78, 5) is 0. The summed E-state index contributed by atoms with van der Waals surface area (Å²) in [5.74, 6) is 0. The van der Waals surface area contributed by atoms with Gasteiger partial charge in [0.2, 0.25) is 0 Å². The van der Waals surface area contributed by atoms with E-state index in [-0.39, 0.29) is 0 Å². The third-order valence-electron chi connectivity index (χ3n) is 0.250. The van der Waals surface area contributed by atoms with E-state index >= 15 is 0 Å². The number of rotatable bonds is 1. The Morgan fingerprint density at radius 2 is 2.00 bits per heavy atom. The summed E-state index contributed by atoms with van der Waals surface area (Å²) < 4.78 is 1.46. The van der Waals surface area contributed by atoms with Crippen LogP contribution in [0.1, 0.15) is 13.3 Å². The molecular formula is C3H7Hf+3. The molecule has 0 aliphatic rings. The van der Waals surface area contributed by atoms with E-state index < -0.39 is 0 Å². The SMILES string of the molecule is CC[CH2][Hf+3]. The zero-order chi connectivity index (χ0) is 3.41. The van der Waals surface area contributed by atoms with Crippen LogP contribution in [-0.2, 0) is 24.4 Å². The summed E-state index contributed by atoms with van der Waals surface area (Å²) in [5.41, 5.74) is 0. The van der Waals surface area contributed by atoms with Crippen LogP contribution in [0.2, 0.25) is 4.18 Å². The Labute approximate surface area is 42.2 Å². The van der Waals surface area contributed by atoms with Gasteiger partial charge in [-0.2, -0.15) is 0 Å². The third-order valence-corrected chi connectivity index (χ3v) is 2.05. The molecule has 0 heterocycles. The van der Waals surface area contributed by atoms with Crippen LogP contribution in [0.5, 0.6) is 0 Å². The molecule has 0 aliphatic carbocycles. The molecule has 0 amide bonds. The second-order valence-corrected chi connectivity index (χ2v) is 2.55. The minimum absolute atomic E-state index is 1.38. The van der Waals surface area contributed by atoms with Crippen LogP contribution in [0, 0.1) is 0 Å². The summed E-state index contributed by atoms with van der Waals surface area (Å²) in [6.07, 6.45) is 1.38. The predicted molar refractivity (Wildman–Crippen MR) is 15.1 cm³/mol. The molecule has 20 valence electrons. The monoisotopic (exact) mass is 223 g/mol. The second kappa shape index (κ2) is 3.87. The summed E-state index contributed by atoms with van der Waals surface area (Å²) in [6, 6.07) is 0. The van der Waals surface area contributed by atoms with E-state index in [1.807, 2.05) is 0 Å². The average molecular weight is 222 g/mol. The topological polar surface area (TPSA) is 0 Å². The Balaban J connectivity index is 1.97. The first-order chi connectivity index (χ1) is 1.91. The van der Waals surface area contributed by atoms with Crippen molar-refractivity contribution < 1.29 is 24.4 Å². The van der Waals surface area contributed by atoms with E-state index in [0.717, 1.165) is 0 Å². The molecule has 0 aromatic rings. The van der Waals surface area contributed by atoms with E-state index in [1.54, 1.807) is 0 Å². The first-order valence-corrected chi connectivity index (χ1v) is 4.10. The maximum atomic E-state index is 2.22. The summed E-state index contributed by atoms with van der Waals surface area (Å²) in [7, 11) is 0. The van der Waals surface area contributed by atoms with Crippen LogP contribution in [0.25, 0.3) is 0 Å². The quantitative estimate of drug-likeness (QED) is 0.587. The van der Waals surface area contributed by atoms with Crippen LogP contribution >= 0.6 is 0 Å². The van der Waals surface area contributed by atoms with E-state index in [0.29, 0.717) is 0 Å². The van der Waals surface area contributed by atoms with Crippen molar-refractivity contribution in [3.8, 4) is 0 Å². The number of hydrogen-bond donors (Lipinski definition) is 0. The van der Waals surface area contributed by atoms with Gasteiger partial charge in [0.1, 0.15) is 0 Å². The Morgan fingerprint density at radius 1 is 1.75 bits per heavy atom. The van der Waals surface area contributed by atoms with Crippen molar-refractivity contribution in [3.63, 3.8) is 0 Å². The minimum atomic E-state index is 1.38. The Kier molecular flexibility index (Phi) is 4.71. The molecule has 0 aromatic heterocycles. The molecule has 0 spiro atoms. The molecule has 0 bridgehead atoms. The molecule has 4 heavy (non-hydrogen) atoms. The second-order valence-electron chi connectivity index (χ2n) is 0.750. The van der Waals surface area contributed by atoms with E-state index in [1.165, 1.54) is 35.0 Å². The molecule has 0 nitrogen and oxygen atoms in total. The van der Waals surface area contributed by atoms with Gasteiger partial charge < -0.3 is 0 Å². The average Bonchev–Trinajstić information content (AvgIpc) is 1.37. The predicted octanol–water partition coefficient (Wildman–Crippen LogP) is 1.36. The van der Waals surface area contributed by atoms with Crippen molar-refractivity contribution in [3.05, 3.63) is 0 Å². The van der Waals surface area contributed by atoms with Gasteiger partial charge in [-0.15, -0.1) is 0 Å². The molecule has 0 aromatic carbocycles. The van der Waals surface area contributed by atoms with E-state index in [2.05, 4.69) is 6.92 Å². The molecule has 0 saturated carbocycles. The molecule has 0 radical (unpaired) electrons. The van der Waals surface area contributed by atoms with Crippen molar-refractivity contribution in [2.45, 2.75) is 17.5 Å². The standard InChI is InChI=1S/C3H7.Hf/c1-3-2;/h1,3H2,2H3;/q;+3. The van der Waals surface area contributed by atoms with Crippen molar-refractivity contribution in [1.29, 1.82) is 0 Å².